The number of hydrazone groups is 1. The Hall–Kier alpha value is -3.49. The van der Waals surface area contributed by atoms with Crippen LogP contribution in [0, 0.1) is 0 Å². The Bertz CT molecular complexity index is 1140. The molecule has 0 bridgehead atoms. The Morgan fingerprint density at radius 2 is 1.90 bits per heavy atom. The second-order valence-electron chi connectivity index (χ2n) is 6.10. The highest BCUT2D eigenvalue weighted by molar-refractivity contribution is 6.42. The van der Waals surface area contributed by atoms with Gasteiger partial charge in [0, 0.05) is 5.56 Å². The quantitative estimate of drug-likeness (QED) is 0.372. The molecular formula is C21H16Cl2N2O6. The van der Waals surface area contributed by atoms with Crippen molar-refractivity contribution in [1.82, 2.24) is 5.43 Å². The number of hydrogen-bond donors (Lipinski definition) is 2. The molecule has 0 saturated carbocycles. The van der Waals surface area contributed by atoms with Crippen molar-refractivity contribution in [3.63, 3.8) is 0 Å². The lowest BCUT2D eigenvalue weighted by molar-refractivity contribution is 0.0657. The number of benzene rings is 2. The summed E-state index contributed by atoms with van der Waals surface area (Å²) >= 11 is 11.7. The van der Waals surface area contributed by atoms with Gasteiger partial charge in [0.25, 0.3) is 5.91 Å². The first kappa shape index (κ1) is 22.2. The van der Waals surface area contributed by atoms with E-state index >= 15 is 0 Å². The average molecular weight is 463 g/mol. The number of methoxy groups -OCH3 is 1. The van der Waals surface area contributed by atoms with E-state index in [2.05, 4.69) is 10.5 Å². The summed E-state index contributed by atoms with van der Waals surface area (Å²) < 4.78 is 16.1. The maximum atomic E-state index is 12.1. The highest BCUT2D eigenvalue weighted by atomic mass is 35.5. The van der Waals surface area contributed by atoms with Gasteiger partial charge in [-0.05, 0) is 54.1 Å². The summed E-state index contributed by atoms with van der Waals surface area (Å²) in [4.78, 5) is 23.0. The Labute approximate surface area is 187 Å². The van der Waals surface area contributed by atoms with Gasteiger partial charge in [0.05, 0.1) is 23.4 Å². The maximum absolute atomic E-state index is 12.1. The Morgan fingerprint density at radius 1 is 1.10 bits per heavy atom. The van der Waals surface area contributed by atoms with Crippen LogP contribution in [0.4, 0.5) is 0 Å². The third-order valence-electron chi connectivity index (χ3n) is 3.99. The van der Waals surface area contributed by atoms with Crippen molar-refractivity contribution in [3.8, 4) is 11.5 Å². The first-order valence-electron chi connectivity index (χ1n) is 8.78. The number of carbonyl (C=O) groups excluding carboxylic acids is 1. The maximum Gasteiger partial charge on any atom is 0.371 e. The predicted octanol–water partition coefficient (Wildman–Crippen LogP) is 4.64. The van der Waals surface area contributed by atoms with Crippen LogP contribution in [0.1, 0.15) is 32.2 Å². The van der Waals surface area contributed by atoms with Gasteiger partial charge in [-0.25, -0.2) is 10.2 Å². The largest absolute Gasteiger partial charge is 0.493 e. The molecule has 0 saturated heterocycles. The molecule has 1 aromatic heterocycles. The van der Waals surface area contributed by atoms with Crippen LogP contribution < -0.4 is 14.9 Å². The molecule has 0 spiro atoms. The summed E-state index contributed by atoms with van der Waals surface area (Å²) in [6.07, 6.45) is 1.44. The zero-order chi connectivity index (χ0) is 22.4. The molecule has 0 radical (unpaired) electrons. The fraction of sp³-hybridized carbons (Fsp3) is 0.0952. The van der Waals surface area contributed by atoms with Crippen molar-refractivity contribution in [2.45, 2.75) is 6.61 Å². The molecule has 3 rings (SSSR count). The van der Waals surface area contributed by atoms with E-state index in [0.29, 0.717) is 33.4 Å². The van der Waals surface area contributed by atoms with Crippen molar-refractivity contribution in [3.05, 3.63) is 81.2 Å². The molecular weight excluding hydrogens is 447 g/mol. The highest BCUT2D eigenvalue weighted by Crippen LogP contribution is 2.28. The highest BCUT2D eigenvalue weighted by Gasteiger charge is 2.11. The summed E-state index contributed by atoms with van der Waals surface area (Å²) in [6.45, 7) is 0.0246. The molecule has 0 aliphatic carbocycles. The van der Waals surface area contributed by atoms with Crippen LogP contribution in [-0.4, -0.2) is 30.3 Å². The van der Waals surface area contributed by atoms with Crippen LogP contribution in [0.2, 0.25) is 10.0 Å². The monoisotopic (exact) mass is 462 g/mol. The molecule has 3 aromatic rings. The van der Waals surface area contributed by atoms with Crippen molar-refractivity contribution >= 4 is 41.3 Å². The fourth-order valence-corrected chi connectivity index (χ4v) is 2.77. The summed E-state index contributed by atoms with van der Waals surface area (Å²) in [5, 5.41) is 13.4. The summed E-state index contributed by atoms with van der Waals surface area (Å²) in [6, 6.07) is 12.4. The van der Waals surface area contributed by atoms with E-state index in [4.69, 9.17) is 42.2 Å². The van der Waals surface area contributed by atoms with Crippen molar-refractivity contribution < 1.29 is 28.6 Å². The van der Waals surface area contributed by atoms with Gasteiger partial charge in [-0.2, -0.15) is 5.10 Å². The van der Waals surface area contributed by atoms with E-state index in [1.54, 1.807) is 18.2 Å². The first-order chi connectivity index (χ1) is 14.9. The number of ether oxygens (including phenoxy) is 2. The number of halogens is 2. The third kappa shape index (κ3) is 5.78. The molecule has 0 atom stereocenters. The topological polar surface area (TPSA) is 110 Å². The summed E-state index contributed by atoms with van der Waals surface area (Å²) in [5.41, 5.74) is 3.36. The van der Waals surface area contributed by atoms with Gasteiger partial charge in [0.15, 0.2) is 11.5 Å². The van der Waals surface area contributed by atoms with Crippen molar-refractivity contribution in [2.75, 3.05) is 7.11 Å². The minimum Gasteiger partial charge on any atom is -0.493 e. The molecule has 2 N–H and O–H groups in total. The van der Waals surface area contributed by atoms with E-state index in [9.17, 15) is 9.59 Å². The Balaban J connectivity index is 1.62. The van der Waals surface area contributed by atoms with E-state index in [1.807, 2.05) is 0 Å². The predicted molar refractivity (Wildman–Crippen MR) is 115 cm³/mol. The number of rotatable bonds is 8. The lowest BCUT2D eigenvalue weighted by Gasteiger charge is -2.10. The number of nitrogens with one attached hydrogen (secondary N) is 1. The molecule has 0 aliphatic heterocycles. The zero-order valence-electron chi connectivity index (χ0n) is 16.1. The number of nitrogens with zero attached hydrogens (tertiary/aromatic N) is 1. The SMILES string of the molecule is COc1cc(/C=N\NC(=O)c2ccc(Cl)c(Cl)c2)ccc1OCc1ccc(C(=O)O)o1. The van der Waals surface area contributed by atoms with Crippen molar-refractivity contribution in [2.24, 2.45) is 5.10 Å². The molecule has 1 heterocycles. The van der Waals surface area contributed by atoms with Gasteiger partial charge >= 0.3 is 5.97 Å². The van der Waals surface area contributed by atoms with Crippen molar-refractivity contribution in [1.29, 1.82) is 0 Å². The van der Waals surface area contributed by atoms with Crippen LogP contribution in [0.25, 0.3) is 0 Å². The normalized spacial score (nSPS) is 10.8. The van der Waals surface area contributed by atoms with Gasteiger partial charge in [-0.1, -0.05) is 23.2 Å². The zero-order valence-corrected chi connectivity index (χ0v) is 17.6. The van der Waals surface area contributed by atoms with Crippen LogP contribution >= 0.6 is 23.2 Å². The first-order valence-corrected chi connectivity index (χ1v) is 9.54. The molecule has 31 heavy (non-hydrogen) atoms. The lowest BCUT2D eigenvalue weighted by Crippen LogP contribution is -2.17. The lowest BCUT2D eigenvalue weighted by atomic mass is 10.2. The van der Waals surface area contributed by atoms with Gasteiger partial charge < -0.3 is 19.0 Å². The summed E-state index contributed by atoms with van der Waals surface area (Å²) in [7, 11) is 1.48. The molecule has 8 nitrogen and oxygen atoms in total. The van der Waals surface area contributed by atoms with Crippen LogP contribution in [0.3, 0.4) is 0 Å². The van der Waals surface area contributed by atoms with Gasteiger partial charge in [0.1, 0.15) is 12.4 Å². The van der Waals surface area contributed by atoms with Gasteiger partial charge in [-0.15, -0.1) is 0 Å². The van der Waals surface area contributed by atoms with Crippen LogP contribution in [-0.2, 0) is 6.61 Å². The second-order valence-corrected chi connectivity index (χ2v) is 6.91. The molecule has 0 fully saturated rings. The fourth-order valence-electron chi connectivity index (χ4n) is 2.47. The number of amides is 1. The van der Waals surface area contributed by atoms with E-state index < -0.39 is 11.9 Å². The molecule has 160 valence electrons. The number of aromatic carboxylic acids is 1. The Kier molecular flexibility index (Phi) is 7.17. The Morgan fingerprint density at radius 3 is 2.58 bits per heavy atom. The van der Waals surface area contributed by atoms with Gasteiger partial charge in [-0.3, -0.25) is 4.79 Å². The standard InChI is InChI=1S/C21H16Cl2N2O6/c1-29-19-8-12(10-24-25-20(26)13-3-5-15(22)16(23)9-13)2-6-17(19)30-11-14-4-7-18(31-14)21(27)28/h2-10H,11H2,1H3,(H,25,26)(H,27,28)/b24-10-. The molecule has 1 amide bonds. The number of carbonyl (C=O) groups is 2. The molecule has 0 aliphatic rings. The number of carboxylic acids is 1. The van der Waals surface area contributed by atoms with E-state index in [-0.39, 0.29) is 17.4 Å². The number of carboxylic acid groups (broad SMARTS) is 1. The number of furan rings is 1. The minimum atomic E-state index is -1.15. The average Bonchev–Trinajstić information content (AvgIpc) is 3.24. The second kappa shape index (κ2) is 10.0. The van der Waals surface area contributed by atoms with Crippen LogP contribution in [0.15, 0.2) is 58.0 Å². The third-order valence-corrected chi connectivity index (χ3v) is 4.73. The van der Waals surface area contributed by atoms with Crippen LogP contribution in [0.5, 0.6) is 11.5 Å². The molecule has 2 aromatic carbocycles. The van der Waals surface area contributed by atoms with E-state index in [1.165, 1.54) is 43.7 Å². The molecule has 10 heteroatoms. The smallest absolute Gasteiger partial charge is 0.371 e. The molecule has 0 unspecified atom stereocenters. The minimum absolute atomic E-state index is 0.0246. The van der Waals surface area contributed by atoms with Gasteiger partial charge in [0.2, 0.25) is 5.76 Å². The number of hydrogen-bond acceptors (Lipinski definition) is 6. The van der Waals surface area contributed by atoms with E-state index in [0.717, 1.165) is 0 Å². The summed E-state index contributed by atoms with van der Waals surface area (Å²) in [5.74, 6) is -0.563.